The Labute approximate surface area is 115 Å². The Morgan fingerprint density at radius 1 is 1.28 bits per heavy atom. The lowest BCUT2D eigenvalue weighted by atomic mass is 10.2. The first kappa shape index (κ1) is 13.1. The first-order valence-electron chi connectivity index (χ1n) is 5.18. The lowest BCUT2D eigenvalue weighted by Crippen LogP contribution is -2.01. The van der Waals surface area contributed by atoms with Crippen molar-refractivity contribution in [2.24, 2.45) is 0 Å². The van der Waals surface area contributed by atoms with Gasteiger partial charge in [-0.05, 0) is 12.1 Å². The van der Waals surface area contributed by atoms with E-state index >= 15 is 0 Å². The predicted octanol–water partition coefficient (Wildman–Crippen LogP) is 3.18. The molecule has 0 atom stereocenters. The highest BCUT2D eigenvalue weighted by molar-refractivity contribution is 6.43. The van der Waals surface area contributed by atoms with Crippen LogP contribution in [0.25, 0.3) is 11.4 Å². The highest BCUT2D eigenvalue weighted by Crippen LogP contribution is 2.31. The van der Waals surface area contributed by atoms with Gasteiger partial charge in [0, 0.05) is 18.7 Å². The molecule has 2 aromatic rings. The lowest BCUT2D eigenvalue weighted by Gasteiger charge is -2.07. The zero-order valence-electron chi connectivity index (χ0n) is 9.65. The van der Waals surface area contributed by atoms with E-state index in [2.05, 4.69) is 9.97 Å². The summed E-state index contributed by atoms with van der Waals surface area (Å²) >= 11 is 12.1. The van der Waals surface area contributed by atoms with Crippen LogP contribution in [0, 0.1) is 0 Å². The number of benzene rings is 1. The molecule has 2 rings (SSSR count). The summed E-state index contributed by atoms with van der Waals surface area (Å²) in [5, 5.41) is 0.863. The van der Waals surface area contributed by atoms with Crippen LogP contribution >= 0.6 is 23.2 Å². The Morgan fingerprint density at radius 2 is 2.06 bits per heavy atom. The minimum Gasteiger partial charge on any atom is -0.384 e. The van der Waals surface area contributed by atoms with Gasteiger partial charge in [-0.25, -0.2) is 9.97 Å². The van der Waals surface area contributed by atoms with E-state index in [1.54, 1.807) is 31.4 Å². The van der Waals surface area contributed by atoms with Gasteiger partial charge in [-0.1, -0.05) is 29.3 Å². The van der Waals surface area contributed by atoms with E-state index in [-0.39, 0.29) is 0 Å². The van der Waals surface area contributed by atoms with Gasteiger partial charge in [-0.2, -0.15) is 0 Å². The molecule has 0 fully saturated rings. The van der Waals surface area contributed by atoms with Crippen LogP contribution in [0.4, 0.5) is 5.82 Å². The SMILES string of the molecule is COCc1cc(N)nc(-c2cccc(Cl)c2Cl)n1. The highest BCUT2D eigenvalue weighted by atomic mass is 35.5. The second-order valence-corrected chi connectivity index (χ2v) is 4.43. The number of hydrogen-bond donors (Lipinski definition) is 1. The zero-order chi connectivity index (χ0) is 13.1. The topological polar surface area (TPSA) is 61.0 Å². The number of ether oxygens (including phenoxy) is 1. The minimum atomic E-state index is 0.359. The molecule has 0 saturated heterocycles. The number of halogens is 2. The molecule has 1 aromatic heterocycles. The van der Waals surface area contributed by atoms with E-state index in [9.17, 15) is 0 Å². The molecule has 0 radical (unpaired) electrons. The molecule has 0 aliphatic carbocycles. The summed E-state index contributed by atoms with van der Waals surface area (Å²) in [6, 6.07) is 6.94. The number of nitrogen functional groups attached to an aromatic ring is 1. The molecule has 0 unspecified atom stereocenters. The van der Waals surface area contributed by atoms with Crippen LogP contribution in [0.2, 0.25) is 10.0 Å². The van der Waals surface area contributed by atoms with Gasteiger partial charge in [0.25, 0.3) is 0 Å². The van der Waals surface area contributed by atoms with Crippen molar-refractivity contribution in [2.75, 3.05) is 12.8 Å². The number of anilines is 1. The van der Waals surface area contributed by atoms with Crippen molar-refractivity contribution < 1.29 is 4.74 Å². The maximum absolute atomic E-state index is 6.13. The summed E-state index contributed by atoms with van der Waals surface area (Å²) in [6.45, 7) is 0.359. The fourth-order valence-corrected chi connectivity index (χ4v) is 1.92. The molecule has 4 nitrogen and oxygen atoms in total. The molecule has 2 N–H and O–H groups in total. The summed E-state index contributed by atoms with van der Waals surface area (Å²) in [7, 11) is 1.59. The van der Waals surface area contributed by atoms with Crippen LogP contribution in [0.3, 0.4) is 0 Å². The van der Waals surface area contributed by atoms with Gasteiger partial charge in [0.1, 0.15) is 5.82 Å². The van der Waals surface area contributed by atoms with E-state index in [0.29, 0.717) is 39.6 Å². The van der Waals surface area contributed by atoms with Crippen LogP contribution in [-0.2, 0) is 11.3 Å². The number of methoxy groups -OCH3 is 1. The number of nitrogens with zero attached hydrogens (tertiary/aromatic N) is 2. The molecule has 0 bridgehead atoms. The van der Waals surface area contributed by atoms with Crippen molar-refractivity contribution in [1.82, 2.24) is 9.97 Å². The fourth-order valence-electron chi connectivity index (χ4n) is 1.54. The standard InChI is InChI=1S/C12H11Cl2N3O/c1-18-6-7-5-10(15)17-12(16-7)8-3-2-4-9(13)11(8)14/h2-5H,6H2,1H3,(H2,15,16,17). The maximum Gasteiger partial charge on any atom is 0.163 e. The fraction of sp³-hybridized carbons (Fsp3) is 0.167. The minimum absolute atomic E-state index is 0.359. The lowest BCUT2D eigenvalue weighted by molar-refractivity contribution is 0.181. The number of nitrogens with two attached hydrogens (primary N) is 1. The third-order valence-corrected chi connectivity index (χ3v) is 3.10. The van der Waals surface area contributed by atoms with E-state index in [1.165, 1.54) is 0 Å². The summed E-state index contributed by atoms with van der Waals surface area (Å²) < 4.78 is 5.02. The molecule has 0 aliphatic rings. The molecule has 1 aromatic carbocycles. The van der Waals surface area contributed by atoms with E-state index in [1.807, 2.05) is 0 Å². The molecule has 0 aliphatic heterocycles. The average molecular weight is 284 g/mol. The number of aromatic nitrogens is 2. The molecule has 1 heterocycles. The van der Waals surface area contributed by atoms with Crippen molar-refractivity contribution in [3.63, 3.8) is 0 Å². The Hall–Kier alpha value is -1.36. The van der Waals surface area contributed by atoms with Gasteiger partial charge in [0.05, 0.1) is 22.3 Å². The Balaban J connectivity index is 2.53. The number of hydrogen-bond acceptors (Lipinski definition) is 4. The largest absolute Gasteiger partial charge is 0.384 e. The van der Waals surface area contributed by atoms with Gasteiger partial charge in [0.15, 0.2) is 5.82 Å². The van der Waals surface area contributed by atoms with Crippen molar-refractivity contribution >= 4 is 29.0 Å². The second-order valence-electron chi connectivity index (χ2n) is 3.64. The van der Waals surface area contributed by atoms with Crippen LogP contribution in [0.15, 0.2) is 24.3 Å². The summed E-state index contributed by atoms with van der Waals surface area (Å²) in [6.07, 6.45) is 0. The van der Waals surface area contributed by atoms with Crippen molar-refractivity contribution in [1.29, 1.82) is 0 Å². The maximum atomic E-state index is 6.13. The van der Waals surface area contributed by atoms with Crippen LogP contribution < -0.4 is 5.73 Å². The summed E-state index contributed by atoms with van der Waals surface area (Å²) in [5.74, 6) is 0.803. The van der Waals surface area contributed by atoms with Crippen LogP contribution in [-0.4, -0.2) is 17.1 Å². The molecule has 0 saturated carbocycles. The van der Waals surface area contributed by atoms with E-state index < -0.39 is 0 Å². The first-order chi connectivity index (χ1) is 8.61. The zero-order valence-corrected chi connectivity index (χ0v) is 11.2. The molecular weight excluding hydrogens is 273 g/mol. The number of rotatable bonds is 3. The van der Waals surface area contributed by atoms with E-state index in [0.717, 1.165) is 0 Å². The normalized spacial score (nSPS) is 10.6. The van der Waals surface area contributed by atoms with Gasteiger partial charge in [-0.3, -0.25) is 0 Å². The van der Waals surface area contributed by atoms with Gasteiger partial charge in [0.2, 0.25) is 0 Å². The van der Waals surface area contributed by atoms with Crippen molar-refractivity contribution in [3.05, 3.63) is 40.0 Å². The molecular formula is C12H11Cl2N3O. The van der Waals surface area contributed by atoms with Gasteiger partial charge >= 0.3 is 0 Å². The summed E-state index contributed by atoms with van der Waals surface area (Å²) in [4.78, 5) is 8.49. The van der Waals surface area contributed by atoms with Gasteiger partial charge in [-0.15, -0.1) is 0 Å². The Morgan fingerprint density at radius 3 is 2.78 bits per heavy atom. The van der Waals surface area contributed by atoms with Crippen LogP contribution in [0.1, 0.15) is 5.69 Å². The molecule has 0 amide bonds. The second kappa shape index (κ2) is 5.52. The predicted molar refractivity (Wildman–Crippen MR) is 72.6 cm³/mol. The third-order valence-electron chi connectivity index (χ3n) is 2.28. The molecule has 0 spiro atoms. The van der Waals surface area contributed by atoms with Crippen molar-refractivity contribution in [3.8, 4) is 11.4 Å². The monoisotopic (exact) mass is 283 g/mol. The highest BCUT2D eigenvalue weighted by Gasteiger charge is 2.11. The third kappa shape index (κ3) is 2.72. The van der Waals surface area contributed by atoms with E-state index in [4.69, 9.17) is 33.7 Å². The molecule has 94 valence electrons. The van der Waals surface area contributed by atoms with Crippen molar-refractivity contribution in [2.45, 2.75) is 6.61 Å². The first-order valence-corrected chi connectivity index (χ1v) is 5.94. The Kier molecular flexibility index (Phi) is 4.01. The summed E-state index contributed by atoms with van der Waals surface area (Å²) in [5.41, 5.74) is 7.07. The molecule has 6 heteroatoms. The average Bonchev–Trinajstić information content (AvgIpc) is 2.32. The quantitative estimate of drug-likeness (QED) is 0.940. The van der Waals surface area contributed by atoms with Gasteiger partial charge < -0.3 is 10.5 Å². The Bertz CT molecular complexity index is 575. The smallest absolute Gasteiger partial charge is 0.163 e. The van der Waals surface area contributed by atoms with Crippen LogP contribution in [0.5, 0.6) is 0 Å². The molecule has 18 heavy (non-hydrogen) atoms.